The van der Waals surface area contributed by atoms with Gasteiger partial charge in [-0.25, -0.2) is 0 Å². The van der Waals surface area contributed by atoms with Gasteiger partial charge in [0, 0.05) is 22.7 Å². The van der Waals surface area contributed by atoms with E-state index in [4.69, 9.17) is 16.3 Å². The molecule has 0 aliphatic carbocycles. The lowest BCUT2D eigenvalue weighted by atomic mass is 10.2. The van der Waals surface area contributed by atoms with E-state index in [2.05, 4.69) is 32.1 Å². The fourth-order valence-corrected chi connectivity index (χ4v) is 3.03. The summed E-state index contributed by atoms with van der Waals surface area (Å²) in [6, 6.07) is 11.3. The van der Waals surface area contributed by atoms with E-state index in [0.717, 1.165) is 12.8 Å². The number of ether oxygens (including phenoxy) is 1. The normalized spacial score (nSPS) is 10.2. The molecule has 0 heterocycles. The first-order chi connectivity index (χ1) is 13.9. The molecule has 0 spiro atoms. The van der Waals surface area contributed by atoms with Gasteiger partial charge in [0.25, 0.3) is 11.8 Å². The Bertz CT molecular complexity index is 875. The third-order valence-corrected chi connectivity index (χ3v) is 4.61. The average molecular weight is 483 g/mol. The molecule has 0 aromatic heterocycles. The highest BCUT2D eigenvalue weighted by Gasteiger charge is 2.10. The van der Waals surface area contributed by atoms with E-state index in [0.29, 0.717) is 32.9 Å². The van der Waals surface area contributed by atoms with Crippen molar-refractivity contribution in [3.8, 4) is 5.75 Å². The number of hydrogen-bond donors (Lipinski definition) is 3. The van der Waals surface area contributed by atoms with Gasteiger partial charge >= 0.3 is 0 Å². The van der Waals surface area contributed by atoms with Crippen LogP contribution in [0.25, 0.3) is 0 Å². The number of anilines is 1. The molecule has 0 saturated carbocycles. The van der Waals surface area contributed by atoms with E-state index < -0.39 is 11.8 Å². The Kier molecular flexibility index (Phi) is 8.95. The van der Waals surface area contributed by atoms with Crippen LogP contribution in [0.15, 0.2) is 46.9 Å². The van der Waals surface area contributed by atoms with E-state index in [1.165, 1.54) is 0 Å². The first-order valence-corrected chi connectivity index (χ1v) is 10.1. The van der Waals surface area contributed by atoms with Crippen LogP contribution in [0.3, 0.4) is 0 Å². The zero-order valence-corrected chi connectivity index (χ0v) is 18.1. The molecule has 7 nitrogen and oxygen atoms in total. The number of benzene rings is 2. The maximum absolute atomic E-state index is 12.1. The summed E-state index contributed by atoms with van der Waals surface area (Å²) in [6.45, 7) is 1.73. The van der Waals surface area contributed by atoms with Crippen LogP contribution in [-0.4, -0.2) is 24.3 Å². The molecular formula is C20H21BrClN3O4. The van der Waals surface area contributed by atoms with Gasteiger partial charge in [-0.2, -0.15) is 0 Å². The van der Waals surface area contributed by atoms with Crippen LogP contribution in [-0.2, 0) is 9.59 Å². The van der Waals surface area contributed by atoms with Crippen molar-refractivity contribution in [2.75, 3.05) is 11.9 Å². The van der Waals surface area contributed by atoms with Crippen molar-refractivity contribution in [1.29, 1.82) is 0 Å². The Morgan fingerprint density at radius 2 is 1.76 bits per heavy atom. The van der Waals surface area contributed by atoms with Crippen LogP contribution in [0.2, 0.25) is 5.02 Å². The smallest absolute Gasteiger partial charge is 0.276 e. The Morgan fingerprint density at radius 3 is 2.41 bits per heavy atom. The fourth-order valence-electron chi connectivity index (χ4n) is 2.24. The quantitative estimate of drug-likeness (QED) is 0.494. The zero-order chi connectivity index (χ0) is 21.2. The highest BCUT2D eigenvalue weighted by atomic mass is 79.9. The average Bonchev–Trinajstić information content (AvgIpc) is 2.70. The van der Waals surface area contributed by atoms with E-state index in [1.807, 2.05) is 6.92 Å². The van der Waals surface area contributed by atoms with Gasteiger partial charge in [0.05, 0.1) is 4.47 Å². The molecule has 0 bridgehead atoms. The van der Waals surface area contributed by atoms with Crippen molar-refractivity contribution in [1.82, 2.24) is 10.9 Å². The first kappa shape index (κ1) is 22.7. The van der Waals surface area contributed by atoms with Gasteiger partial charge in [-0.3, -0.25) is 25.2 Å². The molecule has 2 rings (SSSR count). The van der Waals surface area contributed by atoms with E-state index >= 15 is 0 Å². The van der Waals surface area contributed by atoms with Gasteiger partial charge in [-0.05, 0) is 64.8 Å². The minimum atomic E-state index is -0.528. The number of carbonyl (C=O) groups is 3. The molecule has 9 heteroatoms. The molecule has 154 valence electrons. The number of unbranched alkanes of at least 4 members (excludes halogenated alkanes) is 1. The molecule has 2 aromatic rings. The van der Waals surface area contributed by atoms with Gasteiger partial charge in [0.15, 0.2) is 6.61 Å². The topological polar surface area (TPSA) is 96.5 Å². The standard InChI is InChI=1S/C20H21BrClN3O4/c1-2-3-4-18(26)23-15-8-5-13(6-9-15)20(28)25-24-19(27)12-29-17-10-7-14(22)11-16(17)21/h5-11H,2-4,12H2,1H3,(H,23,26)(H,24,27)(H,25,28). The summed E-state index contributed by atoms with van der Waals surface area (Å²) < 4.78 is 5.98. The molecule has 3 N–H and O–H groups in total. The van der Waals surface area contributed by atoms with Gasteiger partial charge in [-0.15, -0.1) is 0 Å². The molecular weight excluding hydrogens is 462 g/mol. The largest absolute Gasteiger partial charge is 0.483 e. The minimum Gasteiger partial charge on any atom is -0.483 e. The van der Waals surface area contributed by atoms with Crippen molar-refractivity contribution in [2.24, 2.45) is 0 Å². The summed E-state index contributed by atoms with van der Waals surface area (Å²) >= 11 is 9.13. The number of carbonyl (C=O) groups excluding carboxylic acids is 3. The summed E-state index contributed by atoms with van der Waals surface area (Å²) in [5.41, 5.74) is 5.52. The fraction of sp³-hybridized carbons (Fsp3) is 0.250. The molecule has 0 radical (unpaired) electrons. The lowest BCUT2D eigenvalue weighted by Gasteiger charge is -2.10. The third-order valence-electron chi connectivity index (χ3n) is 3.76. The lowest BCUT2D eigenvalue weighted by molar-refractivity contribution is -0.123. The summed E-state index contributed by atoms with van der Waals surface area (Å²) in [5, 5.41) is 3.30. The molecule has 0 aliphatic heterocycles. The van der Waals surface area contributed by atoms with Crippen LogP contribution in [0.1, 0.15) is 36.5 Å². The summed E-state index contributed by atoms with van der Waals surface area (Å²) in [6.07, 6.45) is 2.23. The molecule has 2 aromatic carbocycles. The van der Waals surface area contributed by atoms with Crippen LogP contribution < -0.4 is 20.9 Å². The minimum absolute atomic E-state index is 0.0661. The number of rotatable bonds is 8. The number of hydrogen-bond acceptors (Lipinski definition) is 4. The summed E-state index contributed by atoms with van der Waals surface area (Å²) in [5.74, 6) is -0.633. The summed E-state index contributed by atoms with van der Waals surface area (Å²) in [7, 11) is 0. The Balaban J connectivity index is 1.77. The predicted octanol–water partition coefficient (Wildman–Crippen LogP) is 4.07. The number of nitrogens with one attached hydrogen (secondary N) is 3. The molecule has 0 fully saturated rings. The Morgan fingerprint density at radius 1 is 1.03 bits per heavy atom. The van der Waals surface area contributed by atoms with Crippen molar-refractivity contribution in [3.63, 3.8) is 0 Å². The SMILES string of the molecule is CCCCC(=O)Nc1ccc(C(=O)NNC(=O)COc2ccc(Cl)cc2Br)cc1. The van der Waals surface area contributed by atoms with Crippen molar-refractivity contribution in [2.45, 2.75) is 26.2 Å². The molecule has 0 atom stereocenters. The first-order valence-electron chi connectivity index (χ1n) is 8.96. The van der Waals surface area contributed by atoms with Crippen LogP contribution >= 0.6 is 27.5 Å². The van der Waals surface area contributed by atoms with Gasteiger partial charge in [-0.1, -0.05) is 24.9 Å². The Labute approximate surface area is 182 Å². The van der Waals surface area contributed by atoms with Gasteiger partial charge < -0.3 is 10.1 Å². The molecule has 3 amide bonds. The molecule has 0 aliphatic rings. The second kappa shape index (κ2) is 11.4. The van der Waals surface area contributed by atoms with Crippen molar-refractivity contribution >= 4 is 50.9 Å². The third kappa shape index (κ3) is 7.75. The second-order valence-corrected chi connectivity index (χ2v) is 7.39. The monoisotopic (exact) mass is 481 g/mol. The van der Waals surface area contributed by atoms with Crippen molar-refractivity contribution in [3.05, 3.63) is 57.5 Å². The lowest BCUT2D eigenvalue weighted by Crippen LogP contribution is -2.43. The van der Waals surface area contributed by atoms with Crippen LogP contribution in [0.5, 0.6) is 5.75 Å². The molecule has 0 saturated heterocycles. The van der Waals surface area contributed by atoms with Gasteiger partial charge in [0.1, 0.15) is 5.75 Å². The van der Waals surface area contributed by atoms with Crippen LogP contribution in [0, 0.1) is 0 Å². The Hall–Kier alpha value is -2.58. The van der Waals surface area contributed by atoms with E-state index in [1.54, 1.807) is 42.5 Å². The summed E-state index contributed by atoms with van der Waals surface area (Å²) in [4.78, 5) is 35.7. The highest BCUT2D eigenvalue weighted by molar-refractivity contribution is 9.10. The van der Waals surface area contributed by atoms with Gasteiger partial charge in [0.2, 0.25) is 5.91 Å². The van der Waals surface area contributed by atoms with Crippen molar-refractivity contribution < 1.29 is 19.1 Å². The van der Waals surface area contributed by atoms with E-state index in [9.17, 15) is 14.4 Å². The molecule has 29 heavy (non-hydrogen) atoms. The van der Waals surface area contributed by atoms with Crippen LogP contribution in [0.4, 0.5) is 5.69 Å². The number of hydrazine groups is 1. The zero-order valence-electron chi connectivity index (χ0n) is 15.8. The predicted molar refractivity (Wildman–Crippen MR) is 115 cm³/mol. The van der Waals surface area contributed by atoms with E-state index in [-0.39, 0.29) is 12.5 Å². The maximum Gasteiger partial charge on any atom is 0.276 e. The number of halogens is 2. The maximum atomic E-state index is 12.1. The second-order valence-electron chi connectivity index (χ2n) is 6.09. The number of amides is 3. The highest BCUT2D eigenvalue weighted by Crippen LogP contribution is 2.27. The molecule has 0 unspecified atom stereocenters.